The van der Waals surface area contributed by atoms with Gasteiger partial charge in [0.1, 0.15) is 5.76 Å². The van der Waals surface area contributed by atoms with E-state index in [4.69, 9.17) is 4.42 Å². The van der Waals surface area contributed by atoms with Crippen LogP contribution in [0.3, 0.4) is 0 Å². The Hall–Kier alpha value is -1.29. The van der Waals surface area contributed by atoms with E-state index in [-0.39, 0.29) is 11.9 Å². The molecule has 0 radical (unpaired) electrons. The Morgan fingerprint density at radius 3 is 3.12 bits per heavy atom. The van der Waals surface area contributed by atoms with Crippen molar-refractivity contribution in [3.05, 3.63) is 24.2 Å². The molecule has 2 rings (SSSR count). The Bertz CT molecular complexity index is 329. The van der Waals surface area contributed by atoms with Crippen LogP contribution in [-0.4, -0.2) is 30.4 Å². The zero-order valence-corrected chi connectivity index (χ0v) is 9.61. The van der Waals surface area contributed by atoms with Gasteiger partial charge >= 0.3 is 0 Å². The molecule has 2 heterocycles. The molecule has 1 aliphatic rings. The molecular weight excluding hydrogens is 204 g/mol. The van der Waals surface area contributed by atoms with Crippen LogP contribution < -0.4 is 5.32 Å². The molecule has 1 aromatic heterocycles. The first-order valence-electron chi connectivity index (χ1n) is 5.78. The number of hydrogen-bond donors (Lipinski definition) is 1. The van der Waals surface area contributed by atoms with E-state index < -0.39 is 0 Å². The van der Waals surface area contributed by atoms with Gasteiger partial charge in [-0.25, -0.2) is 0 Å². The maximum absolute atomic E-state index is 12.0. The fraction of sp³-hybridized carbons (Fsp3) is 0.583. The highest BCUT2D eigenvalue weighted by molar-refractivity contribution is 5.81. The van der Waals surface area contributed by atoms with Crippen molar-refractivity contribution in [2.45, 2.75) is 31.8 Å². The normalized spacial score (nSPS) is 20.7. The predicted molar refractivity (Wildman–Crippen MR) is 60.8 cm³/mol. The van der Waals surface area contributed by atoms with E-state index in [0.29, 0.717) is 6.54 Å². The number of amides is 1. The van der Waals surface area contributed by atoms with Gasteiger partial charge in [-0.2, -0.15) is 0 Å². The molecule has 4 nitrogen and oxygen atoms in total. The molecule has 88 valence electrons. The zero-order chi connectivity index (χ0) is 11.4. The maximum Gasteiger partial charge on any atom is 0.239 e. The number of carbonyl (C=O) groups is 1. The Morgan fingerprint density at radius 1 is 1.62 bits per heavy atom. The SMILES string of the molecule is CN(Cc1ccco1)C(=O)C1CCCCN1. The molecule has 0 aliphatic carbocycles. The van der Waals surface area contributed by atoms with Gasteiger partial charge in [0.15, 0.2) is 0 Å². The average Bonchev–Trinajstić information content (AvgIpc) is 2.82. The number of piperidine rings is 1. The van der Waals surface area contributed by atoms with Crippen molar-refractivity contribution in [2.75, 3.05) is 13.6 Å². The van der Waals surface area contributed by atoms with Gasteiger partial charge < -0.3 is 14.6 Å². The number of carbonyl (C=O) groups excluding carboxylic acids is 1. The second-order valence-corrected chi connectivity index (χ2v) is 4.28. The Balaban J connectivity index is 1.88. The number of hydrogen-bond acceptors (Lipinski definition) is 3. The number of likely N-dealkylation sites (N-methyl/N-ethyl adjacent to an activating group) is 1. The van der Waals surface area contributed by atoms with Crippen LogP contribution in [0, 0.1) is 0 Å². The van der Waals surface area contributed by atoms with E-state index in [2.05, 4.69) is 5.32 Å². The van der Waals surface area contributed by atoms with E-state index in [9.17, 15) is 4.79 Å². The first kappa shape index (κ1) is 11.2. The molecule has 0 aromatic carbocycles. The highest BCUT2D eigenvalue weighted by Crippen LogP contribution is 2.11. The molecule has 16 heavy (non-hydrogen) atoms. The summed E-state index contributed by atoms with van der Waals surface area (Å²) in [4.78, 5) is 13.8. The van der Waals surface area contributed by atoms with Gasteiger partial charge in [0.25, 0.3) is 0 Å². The number of rotatable bonds is 3. The van der Waals surface area contributed by atoms with Crippen molar-refractivity contribution in [3.8, 4) is 0 Å². The predicted octanol–water partition coefficient (Wildman–Crippen LogP) is 1.38. The standard InChI is InChI=1S/C12H18N2O2/c1-14(9-10-5-4-8-16-10)12(15)11-6-2-3-7-13-11/h4-5,8,11,13H,2-3,6-7,9H2,1H3. The molecule has 1 atom stereocenters. The molecule has 0 spiro atoms. The molecule has 1 aliphatic heterocycles. The van der Waals surface area contributed by atoms with Crippen molar-refractivity contribution < 1.29 is 9.21 Å². The Labute approximate surface area is 95.6 Å². The first-order chi connectivity index (χ1) is 7.77. The Kier molecular flexibility index (Phi) is 3.62. The van der Waals surface area contributed by atoms with Crippen LogP contribution in [0.15, 0.2) is 22.8 Å². The second kappa shape index (κ2) is 5.16. The number of nitrogens with zero attached hydrogens (tertiary/aromatic N) is 1. The van der Waals surface area contributed by atoms with Gasteiger partial charge in [-0.3, -0.25) is 4.79 Å². The third kappa shape index (κ3) is 2.64. The molecule has 1 aromatic rings. The molecule has 1 amide bonds. The van der Waals surface area contributed by atoms with E-state index in [1.807, 2.05) is 19.2 Å². The molecule has 0 bridgehead atoms. The van der Waals surface area contributed by atoms with Crippen molar-refractivity contribution in [3.63, 3.8) is 0 Å². The lowest BCUT2D eigenvalue weighted by atomic mass is 10.0. The first-order valence-corrected chi connectivity index (χ1v) is 5.78. The van der Waals surface area contributed by atoms with Gasteiger partial charge in [-0.15, -0.1) is 0 Å². The van der Waals surface area contributed by atoms with Gasteiger partial charge in [-0.1, -0.05) is 6.42 Å². The highest BCUT2D eigenvalue weighted by atomic mass is 16.3. The van der Waals surface area contributed by atoms with E-state index in [1.54, 1.807) is 11.2 Å². The fourth-order valence-corrected chi connectivity index (χ4v) is 2.04. The Morgan fingerprint density at radius 2 is 2.50 bits per heavy atom. The van der Waals surface area contributed by atoms with Gasteiger partial charge in [0.2, 0.25) is 5.91 Å². The van der Waals surface area contributed by atoms with Crippen LogP contribution in [0.25, 0.3) is 0 Å². The lowest BCUT2D eigenvalue weighted by Gasteiger charge is -2.26. The average molecular weight is 222 g/mol. The summed E-state index contributed by atoms with van der Waals surface area (Å²) < 4.78 is 5.23. The summed E-state index contributed by atoms with van der Waals surface area (Å²) >= 11 is 0. The molecule has 0 saturated carbocycles. The van der Waals surface area contributed by atoms with E-state index in [0.717, 1.165) is 25.1 Å². The van der Waals surface area contributed by atoms with Gasteiger partial charge in [0.05, 0.1) is 18.8 Å². The number of nitrogens with one attached hydrogen (secondary N) is 1. The quantitative estimate of drug-likeness (QED) is 0.840. The smallest absolute Gasteiger partial charge is 0.239 e. The summed E-state index contributed by atoms with van der Waals surface area (Å²) in [5, 5.41) is 3.26. The monoisotopic (exact) mass is 222 g/mol. The van der Waals surface area contributed by atoms with Crippen molar-refractivity contribution >= 4 is 5.91 Å². The highest BCUT2D eigenvalue weighted by Gasteiger charge is 2.23. The number of furan rings is 1. The third-order valence-electron chi connectivity index (χ3n) is 2.96. The van der Waals surface area contributed by atoms with E-state index in [1.165, 1.54) is 6.42 Å². The van der Waals surface area contributed by atoms with Gasteiger partial charge in [0, 0.05) is 7.05 Å². The molecule has 1 saturated heterocycles. The molecule has 1 unspecified atom stereocenters. The molecule has 1 fully saturated rings. The summed E-state index contributed by atoms with van der Waals surface area (Å²) in [7, 11) is 1.82. The summed E-state index contributed by atoms with van der Waals surface area (Å²) in [6.07, 6.45) is 4.89. The summed E-state index contributed by atoms with van der Waals surface area (Å²) in [6.45, 7) is 1.50. The second-order valence-electron chi connectivity index (χ2n) is 4.28. The van der Waals surface area contributed by atoms with Crippen LogP contribution in [0.2, 0.25) is 0 Å². The molecular formula is C12H18N2O2. The van der Waals surface area contributed by atoms with Crippen LogP contribution in [0.1, 0.15) is 25.0 Å². The lowest BCUT2D eigenvalue weighted by molar-refractivity contribution is -0.133. The molecule has 4 heteroatoms. The summed E-state index contributed by atoms with van der Waals surface area (Å²) in [5.74, 6) is 0.989. The summed E-state index contributed by atoms with van der Waals surface area (Å²) in [5.41, 5.74) is 0. The van der Waals surface area contributed by atoms with Gasteiger partial charge in [-0.05, 0) is 31.5 Å². The third-order valence-corrected chi connectivity index (χ3v) is 2.96. The van der Waals surface area contributed by atoms with Crippen LogP contribution in [-0.2, 0) is 11.3 Å². The van der Waals surface area contributed by atoms with E-state index >= 15 is 0 Å². The topological polar surface area (TPSA) is 45.5 Å². The lowest BCUT2D eigenvalue weighted by Crippen LogP contribution is -2.46. The van der Waals surface area contributed by atoms with Crippen LogP contribution in [0.5, 0.6) is 0 Å². The largest absolute Gasteiger partial charge is 0.467 e. The zero-order valence-electron chi connectivity index (χ0n) is 9.61. The maximum atomic E-state index is 12.0. The fourth-order valence-electron chi connectivity index (χ4n) is 2.04. The summed E-state index contributed by atoms with van der Waals surface area (Å²) in [6, 6.07) is 3.72. The minimum Gasteiger partial charge on any atom is -0.467 e. The van der Waals surface area contributed by atoms with Crippen LogP contribution >= 0.6 is 0 Å². The molecule has 1 N–H and O–H groups in total. The minimum atomic E-state index is -0.00582. The van der Waals surface area contributed by atoms with Crippen molar-refractivity contribution in [1.82, 2.24) is 10.2 Å². The minimum absolute atomic E-state index is 0.00582. The van der Waals surface area contributed by atoms with Crippen molar-refractivity contribution in [1.29, 1.82) is 0 Å². The van der Waals surface area contributed by atoms with Crippen molar-refractivity contribution in [2.24, 2.45) is 0 Å². The van der Waals surface area contributed by atoms with Crippen LogP contribution in [0.4, 0.5) is 0 Å².